The Hall–Kier alpha value is -3.10. The lowest BCUT2D eigenvalue weighted by atomic mass is 10.0. The Morgan fingerprint density at radius 2 is 2.08 bits per heavy atom. The third-order valence-electron chi connectivity index (χ3n) is 3.89. The van der Waals surface area contributed by atoms with E-state index in [-0.39, 0.29) is 17.4 Å². The maximum absolute atomic E-state index is 13.0. The third kappa shape index (κ3) is 2.08. The number of imidazole rings is 1. The first kappa shape index (κ1) is 14.5. The molecule has 122 valence electrons. The van der Waals surface area contributed by atoms with Crippen molar-refractivity contribution in [3.63, 3.8) is 0 Å². The van der Waals surface area contributed by atoms with E-state index in [1.54, 1.807) is 18.2 Å². The molecule has 3 aromatic rings. The number of benzene rings is 1. The van der Waals surface area contributed by atoms with Gasteiger partial charge < -0.3 is 11.1 Å². The van der Waals surface area contributed by atoms with Gasteiger partial charge in [-0.2, -0.15) is 13.2 Å². The number of carbonyl (C=O) groups is 1. The van der Waals surface area contributed by atoms with Crippen molar-refractivity contribution in [3.8, 4) is 11.3 Å². The van der Waals surface area contributed by atoms with E-state index in [0.717, 1.165) is 11.8 Å². The molecule has 0 bridgehead atoms. The summed E-state index contributed by atoms with van der Waals surface area (Å²) in [5.41, 5.74) is 7.07. The molecular formula is C15H10F3N5O. The molecule has 0 atom stereocenters. The highest BCUT2D eigenvalue weighted by atomic mass is 19.4. The predicted octanol–water partition coefficient (Wildman–Crippen LogP) is 2.24. The van der Waals surface area contributed by atoms with E-state index in [1.165, 1.54) is 10.6 Å². The van der Waals surface area contributed by atoms with E-state index in [2.05, 4.69) is 15.3 Å². The minimum Gasteiger partial charge on any atom is -0.381 e. The number of halogens is 3. The second-order valence-electron chi connectivity index (χ2n) is 5.40. The minimum absolute atomic E-state index is 0.146. The fourth-order valence-corrected chi connectivity index (χ4v) is 2.75. The molecule has 1 amide bonds. The van der Waals surface area contributed by atoms with Crippen molar-refractivity contribution in [2.45, 2.75) is 12.7 Å². The van der Waals surface area contributed by atoms with Crippen LogP contribution in [0, 0.1) is 0 Å². The van der Waals surface area contributed by atoms with Gasteiger partial charge in [-0.1, -0.05) is 6.07 Å². The van der Waals surface area contributed by atoms with Crippen LogP contribution >= 0.6 is 0 Å². The summed E-state index contributed by atoms with van der Waals surface area (Å²) in [5, 5.41) is 2.69. The number of nitrogens with one attached hydrogen (secondary N) is 1. The first-order valence-electron chi connectivity index (χ1n) is 6.97. The molecule has 3 N–H and O–H groups in total. The summed E-state index contributed by atoms with van der Waals surface area (Å²) in [7, 11) is 0. The highest BCUT2D eigenvalue weighted by Crippen LogP contribution is 2.31. The maximum atomic E-state index is 13.0. The number of aromatic nitrogens is 3. The number of alkyl halides is 3. The Morgan fingerprint density at radius 1 is 1.29 bits per heavy atom. The Bertz CT molecular complexity index is 993. The van der Waals surface area contributed by atoms with Gasteiger partial charge in [-0.3, -0.25) is 9.20 Å². The number of fused-ring (bicyclic) bond motifs is 2. The Morgan fingerprint density at radius 3 is 2.83 bits per heavy atom. The third-order valence-corrected chi connectivity index (χ3v) is 3.89. The number of anilines is 1. The SMILES string of the molecule is Nc1nc(C(F)(F)F)cn2c(-c3ccc4c(c3)CNC4=O)cnc12. The molecule has 24 heavy (non-hydrogen) atoms. The average molecular weight is 333 g/mol. The molecule has 0 radical (unpaired) electrons. The number of rotatable bonds is 1. The fraction of sp³-hybridized carbons (Fsp3) is 0.133. The summed E-state index contributed by atoms with van der Waals surface area (Å²) in [4.78, 5) is 19.0. The molecule has 1 aromatic carbocycles. The second-order valence-corrected chi connectivity index (χ2v) is 5.40. The van der Waals surface area contributed by atoms with Crippen LogP contribution in [-0.2, 0) is 12.7 Å². The van der Waals surface area contributed by atoms with Crippen LogP contribution in [0.2, 0.25) is 0 Å². The van der Waals surface area contributed by atoms with Gasteiger partial charge in [0.05, 0.1) is 11.9 Å². The molecule has 2 aromatic heterocycles. The van der Waals surface area contributed by atoms with Gasteiger partial charge in [0.15, 0.2) is 17.2 Å². The normalized spacial score (nSPS) is 14.0. The van der Waals surface area contributed by atoms with Gasteiger partial charge in [-0.15, -0.1) is 0 Å². The standard InChI is InChI=1S/C15H10F3N5O/c16-15(17,18)11-6-23-10(5-20-13(23)12(19)22-11)7-1-2-9-8(3-7)4-21-14(9)24/h1-3,5-6H,4H2,(H2,19,22)(H,21,24). The zero-order chi connectivity index (χ0) is 17.1. The monoisotopic (exact) mass is 333 g/mol. The lowest BCUT2D eigenvalue weighted by Crippen LogP contribution is -2.12. The second kappa shape index (κ2) is 4.70. The van der Waals surface area contributed by atoms with Crippen LogP contribution in [0.25, 0.3) is 16.9 Å². The highest BCUT2D eigenvalue weighted by molar-refractivity contribution is 5.98. The van der Waals surface area contributed by atoms with Gasteiger partial charge in [0.25, 0.3) is 5.91 Å². The van der Waals surface area contributed by atoms with Gasteiger partial charge in [0.1, 0.15) is 0 Å². The van der Waals surface area contributed by atoms with Crippen molar-refractivity contribution < 1.29 is 18.0 Å². The zero-order valence-corrected chi connectivity index (χ0v) is 12.1. The minimum atomic E-state index is -4.61. The molecule has 0 fully saturated rings. The molecule has 1 aliphatic rings. The first-order valence-corrected chi connectivity index (χ1v) is 6.97. The molecule has 3 heterocycles. The van der Waals surface area contributed by atoms with Crippen LogP contribution in [-0.4, -0.2) is 20.3 Å². The molecule has 1 aliphatic heterocycles. The predicted molar refractivity (Wildman–Crippen MR) is 79.0 cm³/mol. The molecule has 0 saturated carbocycles. The van der Waals surface area contributed by atoms with Gasteiger partial charge in [0, 0.05) is 23.9 Å². The van der Waals surface area contributed by atoms with Crippen LogP contribution in [0.15, 0.2) is 30.6 Å². The Balaban J connectivity index is 1.92. The summed E-state index contributed by atoms with van der Waals surface area (Å²) in [6.07, 6.45) is -2.32. The molecule has 0 saturated heterocycles. The summed E-state index contributed by atoms with van der Waals surface area (Å²) >= 11 is 0. The van der Waals surface area contributed by atoms with Crippen LogP contribution in [0.4, 0.5) is 19.0 Å². The Labute approximate surface area is 133 Å². The number of hydrogen-bond donors (Lipinski definition) is 2. The van der Waals surface area contributed by atoms with E-state index in [1.807, 2.05) is 0 Å². The van der Waals surface area contributed by atoms with E-state index in [4.69, 9.17) is 5.73 Å². The Kier molecular flexibility index (Phi) is 2.84. The topological polar surface area (TPSA) is 85.3 Å². The smallest absolute Gasteiger partial charge is 0.381 e. The summed E-state index contributed by atoms with van der Waals surface area (Å²) in [6, 6.07) is 5.05. The van der Waals surface area contributed by atoms with Crippen molar-refractivity contribution in [1.29, 1.82) is 0 Å². The van der Waals surface area contributed by atoms with Gasteiger partial charge >= 0.3 is 6.18 Å². The van der Waals surface area contributed by atoms with Crippen LogP contribution in [0.1, 0.15) is 21.6 Å². The van der Waals surface area contributed by atoms with E-state index >= 15 is 0 Å². The average Bonchev–Trinajstić information content (AvgIpc) is 3.10. The number of nitrogen functional groups attached to an aromatic ring is 1. The van der Waals surface area contributed by atoms with Gasteiger partial charge in [-0.05, 0) is 17.7 Å². The quantitative estimate of drug-likeness (QED) is 0.715. The number of amides is 1. The van der Waals surface area contributed by atoms with Crippen LogP contribution < -0.4 is 11.1 Å². The highest BCUT2D eigenvalue weighted by Gasteiger charge is 2.34. The largest absolute Gasteiger partial charge is 0.434 e. The number of nitrogens with zero attached hydrogens (tertiary/aromatic N) is 3. The molecule has 9 heteroatoms. The van der Waals surface area contributed by atoms with E-state index in [9.17, 15) is 18.0 Å². The zero-order valence-electron chi connectivity index (χ0n) is 12.1. The van der Waals surface area contributed by atoms with Crippen molar-refractivity contribution in [2.75, 3.05) is 5.73 Å². The van der Waals surface area contributed by atoms with Gasteiger partial charge in [-0.25, -0.2) is 9.97 Å². The number of nitrogens with two attached hydrogens (primary N) is 1. The molecule has 0 spiro atoms. The number of carbonyl (C=O) groups excluding carboxylic acids is 1. The van der Waals surface area contributed by atoms with Crippen LogP contribution in [0.3, 0.4) is 0 Å². The summed E-state index contributed by atoms with van der Waals surface area (Å²) in [5.74, 6) is -0.462. The maximum Gasteiger partial charge on any atom is 0.434 e. The van der Waals surface area contributed by atoms with Crippen LogP contribution in [0.5, 0.6) is 0 Å². The van der Waals surface area contributed by atoms with Crippen molar-refractivity contribution in [3.05, 3.63) is 47.4 Å². The van der Waals surface area contributed by atoms with Crippen molar-refractivity contribution >= 4 is 17.4 Å². The molecule has 4 rings (SSSR count). The van der Waals surface area contributed by atoms with E-state index < -0.39 is 11.9 Å². The number of hydrogen-bond acceptors (Lipinski definition) is 4. The summed E-state index contributed by atoms with van der Waals surface area (Å²) in [6.45, 7) is 0.385. The molecular weight excluding hydrogens is 323 g/mol. The van der Waals surface area contributed by atoms with Crippen molar-refractivity contribution in [1.82, 2.24) is 19.7 Å². The first-order chi connectivity index (χ1) is 11.3. The molecule has 6 nitrogen and oxygen atoms in total. The summed E-state index contributed by atoms with van der Waals surface area (Å²) < 4.78 is 40.1. The molecule has 0 aliphatic carbocycles. The van der Waals surface area contributed by atoms with Gasteiger partial charge in [0.2, 0.25) is 0 Å². The lowest BCUT2D eigenvalue weighted by molar-refractivity contribution is -0.141. The lowest BCUT2D eigenvalue weighted by Gasteiger charge is -2.09. The van der Waals surface area contributed by atoms with E-state index in [0.29, 0.717) is 23.4 Å². The fourth-order valence-electron chi connectivity index (χ4n) is 2.75. The molecule has 0 unspecified atom stereocenters. The van der Waals surface area contributed by atoms with Crippen molar-refractivity contribution in [2.24, 2.45) is 0 Å².